The molecule has 2 fully saturated rings. The van der Waals surface area contributed by atoms with E-state index in [0.717, 1.165) is 17.9 Å². The Morgan fingerprint density at radius 1 is 1.05 bits per heavy atom. The van der Waals surface area contributed by atoms with Gasteiger partial charge in [0.1, 0.15) is 0 Å². The van der Waals surface area contributed by atoms with Crippen molar-refractivity contribution in [3.05, 3.63) is 34.9 Å². The lowest BCUT2D eigenvalue weighted by Crippen LogP contribution is -2.30. The molecule has 2 aliphatic carbocycles. The second-order valence-corrected chi connectivity index (χ2v) is 7.11. The summed E-state index contributed by atoms with van der Waals surface area (Å²) in [7, 11) is 0. The smallest absolute Gasteiger partial charge is 0.00683 e. The van der Waals surface area contributed by atoms with Gasteiger partial charge in [0.2, 0.25) is 0 Å². The number of nitrogens with one attached hydrogen (secondary N) is 1. The number of hydrogen-bond donors (Lipinski definition) is 1. The van der Waals surface area contributed by atoms with E-state index < -0.39 is 0 Å². The third kappa shape index (κ3) is 3.63. The fraction of sp³-hybridized carbons (Fsp3) is 0.684. The molecule has 1 heteroatoms. The predicted molar refractivity (Wildman–Crippen MR) is 86.1 cm³/mol. The summed E-state index contributed by atoms with van der Waals surface area (Å²) in [4.78, 5) is 0. The van der Waals surface area contributed by atoms with Crippen molar-refractivity contribution in [1.82, 2.24) is 5.32 Å². The normalized spacial score (nSPS) is 21.3. The molecule has 0 heterocycles. The zero-order valence-corrected chi connectivity index (χ0v) is 13.1. The first-order valence-electron chi connectivity index (χ1n) is 8.52. The fourth-order valence-electron chi connectivity index (χ4n) is 3.67. The van der Waals surface area contributed by atoms with Gasteiger partial charge in [0.05, 0.1) is 0 Å². The van der Waals surface area contributed by atoms with E-state index in [-0.39, 0.29) is 0 Å². The van der Waals surface area contributed by atoms with E-state index in [4.69, 9.17) is 0 Å². The maximum Gasteiger partial charge on any atom is 0.00683 e. The molecule has 1 aromatic carbocycles. The van der Waals surface area contributed by atoms with Crippen molar-refractivity contribution in [3.63, 3.8) is 0 Å². The Bertz CT molecular complexity index is 441. The Morgan fingerprint density at radius 2 is 1.80 bits per heavy atom. The molecular weight excluding hydrogens is 242 g/mol. The molecule has 0 saturated heterocycles. The molecule has 2 aliphatic rings. The highest BCUT2D eigenvalue weighted by atomic mass is 14.9. The van der Waals surface area contributed by atoms with Gasteiger partial charge in [-0.15, -0.1) is 0 Å². The van der Waals surface area contributed by atoms with Crippen LogP contribution in [-0.4, -0.2) is 12.6 Å². The number of aryl methyl sites for hydroxylation is 2. The highest BCUT2D eigenvalue weighted by molar-refractivity contribution is 5.30. The topological polar surface area (TPSA) is 12.0 Å². The average molecular weight is 271 g/mol. The van der Waals surface area contributed by atoms with Gasteiger partial charge in [-0.3, -0.25) is 0 Å². The summed E-state index contributed by atoms with van der Waals surface area (Å²) in [6.45, 7) is 5.69. The van der Waals surface area contributed by atoms with Crippen LogP contribution in [0.3, 0.4) is 0 Å². The Hall–Kier alpha value is -0.820. The largest absolute Gasteiger partial charge is 0.314 e. The standard InChI is InChI=1S/C19H29N/c1-14-7-8-16(11-15(14)2)12-18(13-20-19-9-10-19)17-5-3-4-6-17/h7-8,11,17-20H,3-6,9-10,12-13H2,1-2H3. The molecule has 1 aromatic rings. The maximum absolute atomic E-state index is 3.78. The van der Waals surface area contributed by atoms with Crippen LogP contribution >= 0.6 is 0 Å². The zero-order chi connectivity index (χ0) is 13.9. The molecule has 2 saturated carbocycles. The molecule has 0 aliphatic heterocycles. The van der Waals surface area contributed by atoms with Gasteiger partial charge in [-0.1, -0.05) is 43.9 Å². The molecule has 1 atom stereocenters. The lowest BCUT2D eigenvalue weighted by Gasteiger charge is -2.24. The van der Waals surface area contributed by atoms with Crippen LogP contribution < -0.4 is 5.32 Å². The fourth-order valence-corrected chi connectivity index (χ4v) is 3.67. The maximum atomic E-state index is 3.78. The minimum Gasteiger partial charge on any atom is -0.314 e. The molecule has 0 aromatic heterocycles. The summed E-state index contributed by atoms with van der Waals surface area (Å²) in [5.41, 5.74) is 4.41. The van der Waals surface area contributed by atoms with Crippen LogP contribution in [0, 0.1) is 25.7 Å². The molecule has 110 valence electrons. The number of rotatable bonds is 6. The van der Waals surface area contributed by atoms with E-state index in [1.807, 2.05) is 0 Å². The first-order valence-corrected chi connectivity index (χ1v) is 8.52. The van der Waals surface area contributed by atoms with Gasteiger partial charge >= 0.3 is 0 Å². The molecule has 1 nitrogen and oxygen atoms in total. The van der Waals surface area contributed by atoms with Crippen molar-refractivity contribution in [3.8, 4) is 0 Å². The third-order valence-corrected chi connectivity index (χ3v) is 5.38. The first-order chi connectivity index (χ1) is 9.72. The van der Waals surface area contributed by atoms with Crippen LogP contribution in [0.2, 0.25) is 0 Å². The van der Waals surface area contributed by atoms with Gasteiger partial charge in [0, 0.05) is 6.04 Å². The van der Waals surface area contributed by atoms with Crippen molar-refractivity contribution in [2.75, 3.05) is 6.54 Å². The zero-order valence-electron chi connectivity index (χ0n) is 13.1. The highest BCUT2D eigenvalue weighted by Crippen LogP contribution is 2.34. The average Bonchev–Trinajstić information content (AvgIpc) is 3.10. The summed E-state index contributed by atoms with van der Waals surface area (Å²) in [5, 5.41) is 3.78. The molecule has 20 heavy (non-hydrogen) atoms. The van der Waals surface area contributed by atoms with Crippen molar-refractivity contribution in [2.45, 2.75) is 64.8 Å². The molecule has 0 bridgehead atoms. The van der Waals surface area contributed by atoms with E-state index in [2.05, 4.69) is 37.4 Å². The van der Waals surface area contributed by atoms with Crippen molar-refractivity contribution in [1.29, 1.82) is 0 Å². The van der Waals surface area contributed by atoms with E-state index >= 15 is 0 Å². The SMILES string of the molecule is Cc1ccc(CC(CNC2CC2)C2CCCC2)cc1C. The number of hydrogen-bond acceptors (Lipinski definition) is 1. The molecule has 0 spiro atoms. The molecule has 1 N–H and O–H groups in total. The molecular formula is C19H29N. The summed E-state index contributed by atoms with van der Waals surface area (Å²) < 4.78 is 0. The number of benzene rings is 1. The van der Waals surface area contributed by atoms with Crippen LogP contribution in [0.25, 0.3) is 0 Å². The minimum absolute atomic E-state index is 0.846. The van der Waals surface area contributed by atoms with Crippen LogP contribution in [0.1, 0.15) is 55.2 Å². The highest BCUT2D eigenvalue weighted by Gasteiger charge is 2.28. The van der Waals surface area contributed by atoms with Crippen LogP contribution in [0.5, 0.6) is 0 Å². The van der Waals surface area contributed by atoms with Gasteiger partial charge in [0.15, 0.2) is 0 Å². The van der Waals surface area contributed by atoms with Gasteiger partial charge in [-0.2, -0.15) is 0 Å². The second kappa shape index (κ2) is 6.30. The summed E-state index contributed by atoms with van der Waals surface area (Å²) in [5.74, 6) is 1.81. The van der Waals surface area contributed by atoms with Crippen LogP contribution in [0.15, 0.2) is 18.2 Å². The van der Waals surface area contributed by atoms with E-state index in [9.17, 15) is 0 Å². The predicted octanol–water partition coefficient (Wildman–Crippen LogP) is 4.40. The summed E-state index contributed by atoms with van der Waals surface area (Å²) in [6.07, 6.45) is 9.91. The lowest BCUT2D eigenvalue weighted by atomic mass is 9.85. The van der Waals surface area contributed by atoms with Crippen LogP contribution in [0.4, 0.5) is 0 Å². The Kier molecular flexibility index (Phi) is 4.45. The Balaban J connectivity index is 1.65. The van der Waals surface area contributed by atoms with E-state index in [1.54, 1.807) is 5.56 Å². The van der Waals surface area contributed by atoms with Crippen LogP contribution in [-0.2, 0) is 6.42 Å². The second-order valence-electron chi connectivity index (χ2n) is 7.11. The van der Waals surface area contributed by atoms with Crippen molar-refractivity contribution < 1.29 is 0 Å². The molecule has 1 unspecified atom stereocenters. The van der Waals surface area contributed by atoms with Gasteiger partial charge in [-0.05, 0) is 68.2 Å². The third-order valence-electron chi connectivity index (χ3n) is 5.38. The summed E-state index contributed by atoms with van der Waals surface area (Å²) in [6, 6.07) is 7.90. The Labute approximate surface area is 124 Å². The quantitative estimate of drug-likeness (QED) is 0.808. The molecule has 0 amide bonds. The lowest BCUT2D eigenvalue weighted by molar-refractivity contribution is 0.320. The Morgan fingerprint density at radius 3 is 2.45 bits per heavy atom. The van der Waals surface area contributed by atoms with E-state index in [0.29, 0.717) is 0 Å². The van der Waals surface area contributed by atoms with Gasteiger partial charge in [0.25, 0.3) is 0 Å². The first kappa shape index (κ1) is 14.1. The monoisotopic (exact) mass is 271 g/mol. The minimum atomic E-state index is 0.846. The molecule has 3 rings (SSSR count). The van der Waals surface area contributed by atoms with Gasteiger partial charge < -0.3 is 5.32 Å². The van der Waals surface area contributed by atoms with E-state index in [1.165, 1.54) is 62.6 Å². The van der Waals surface area contributed by atoms with Gasteiger partial charge in [-0.25, -0.2) is 0 Å². The van der Waals surface area contributed by atoms with Crippen molar-refractivity contribution in [2.24, 2.45) is 11.8 Å². The van der Waals surface area contributed by atoms with Crippen molar-refractivity contribution >= 4 is 0 Å². The molecule has 0 radical (unpaired) electrons. The summed E-state index contributed by atoms with van der Waals surface area (Å²) >= 11 is 0.